The molecule has 1 rings (SSSR count). The zero-order chi connectivity index (χ0) is 9.68. The molecule has 0 heterocycles. The lowest BCUT2D eigenvalue weighted by molar-refractivity contribution is 0.282. The maximum atomic E-state index is 8.82. The quantitative estimate of drug-likeness (QED) is 0.759. The van der Waals surface area contributed by atoms with E-state index in [1.54, 1.807) is 6.07 Å². The fraction of sp³-hybridized carbons (Fsp3) is 0.333. The number of thioether (sulfide) groups is 1. The topological polar surface area (TPSA) is 40.5 Å². The molecule has 72 valence electrons. The molecule has 0 aromatic heterocycles. The van der Waals surface area contributed by atoms with Crippen LogP contribution in [0.25, 0.3) is 0 Å². The standard InChI is InChI=1S/C9H11ClO2S/c10-8-5-7(6-12)1-2-9(8)13-4-3-11/h1-2,5,11-12H,3-4,6H2. The zero-order valence-corrected chi connectivity index (χ0v) is 8.61. The monoisotopic (exact) mass is 218 g/mol. The van der Waals surface area contributed by atoms with Crippen LogP contribution < -0.4 is 0 Å². The van der Waals surface area contributed by atoms with Crippen molar-refractivity contribution in [3.63, 3.8) is 0 Å². The molecule has 0 fully saturated rings. The summed E-state index contributed by atoms with van der Waals surface area (Å²) in [5.41, 5.74) is 0.804. The SMILES string of the molecule is OCCSc1ccc(CO)cc1Cl. The Labute approximate surface area is 86.5 Å². The largest absolute Gasteiger partial charge is 0.396 e. The van der Waals surface area contributed by atoms with E-state index in [2.05, 4.69) is 0 Å². The molecule has 0 radical (unpaired) electrons. The summed E-state index contributed by atoms with van der Waals surface area (Å²) in [6.07, 6.45) is 0. The molecule has 1 aromatic carbocycles. The second-order valence-corrected chi connectivity index (χ2v) is 4.04. The minimum atomic E-state index is 0.00463. The number of hydrogen-bond donors (Lipinski definition) is 2. The van der Waals surface area contributed by atoms with Crippen molar-refractivity contribution in [1.29, 1.82) is 0 Å². The number of aliphatic hydroxyl groups is 2. The highest BCUT2D eigenvalue weighted by molar-refractivity contribution is 7.99. The van der Waals surface area contributed by atoms with Crippen molar-refractivity contribution in [2.24, 2.45) is 0 Å². The van der Waals surface area contributed by atoms with Gasteiger partial charge in [-0.2, -0.15) is 0 Å². The van der Waals surface area contributed by atoms with Gasteiger partial charge in [0.1, 0.15) is 0 Å². The predicted molar refractivity (Wildman–Crippen MR) is 55.2 cm³/mol. The summed E-state index contributed by atoms with van der Waals surface area (Å²) in [4.78, 5) is 0.938. The molecule has 0 unspecified atom stereocenters. The van der Waals surface area contributed by atoms with Crippen molar-refractivity contribution in [1.82, 2.24) is 0 Å². The lowest BCUT2D eigenvalue weighted by Crippen LogP contribution is -1.88. The van der Waals surface area contributed by atoms with Gasteiger partial charge < -0.3 is 10.2 Å². The van der Waals surface area contributed by atoms with Gasteiger partial charge in [0.15, 0.2) is 0 Å². The number of benzene rings is 1. The second kappa shape index (κ2) is 5.50. The minimum Gasteiger partial charge on any atom is -0.396 e. The Hall–Kier alpha value is -0.220. The first-order chi connectivity index (χ1) is 6.27. The molecule has 0 atom stereocenters. The van der Waals surface area contributed by atoms with Crippen LogP contribution in [0.3, 0.4) is 0 Å². The maximum Gasteiger partial charge on any atom is 0.0682 e. The van der Waals surface area contributed by atoms with Crippen molar-refractivity contribution in [2.45, 2.75) is 11.5 Å². The van der Waals surface area contributed by atoms with E-state index < -0.39 is 0 Å². The van der Waals surface area contributed by atoms with Gasteiger partial charge in [-0.15, -0.1) is 11.8 Å². The van der Waals surface area contributed by atoms with Crippen LogP contribution >= 0.6 is 23.4 Å². The summed E-state index contributed by atoms with van der Waals surface area (Å²) < 4.78 is 0. The molecular formula is C9H11ClO2S. The third-order valence-electron chi connectivity index (χ3n) is 1.53. The first-order valence-corrected chi connectivity index (χ1v) is 5.27. The van der Waals surface area contributed by atoms with Crippen LogP contribution in [0.1, 0.15) is 5.56 Å². The fourth-order valence-corrected chi connectivity index (χ4v) is 1.95. The van der Waals surface area contributed by atoms with E-state index in [4.69, 9.17) is 21.8 Å². The predicted octanol–water partition coefficient (Wildman–Crippen LogP) is 1.92. The molecule has 4 heteroatoms. The Morgan fingerprint density at radius 2 is 2.08 bits per heavy atom. The van der Waals surface area contributed by atoms with E-state index in [0.717, 1.165) is 10.5 Å². The van der Waals surface area contributed by atoms with E-state index in [9.17, 15) is 0 Å². The Kier molecular flexibility index (Phi) is 4.59. The third-order valence-corrected chi connectivity index (χ3v) is 3.01. The summed E-state index contributed by atoms with van der Waals surface area (Å²) in [6, 6.07) is 5.42. The lowest BCUT2D eigenvalue weighted by atomic mass is 10.2. The number of halogens is 1. The van der Waals surface area contributed by atoms with Crippen LogP contribution in [0.2, 0.25) is 5.02 Å². The molecule has 0 saturated carbocycles. The summed E-state index contributed by atoms with van der Waals surface area (Å²) >= 11 is 7.43. The van der Waals surface area contributed by atoms with E-state index in [0.29, 0.717) is 10.8 Å². The van der Waals surface area contributed by atoms with Crippen LogP contribution in [0, 0.1) is 0 Å². The highest BCUT2D eigenvalue weighted by Gasteiger charge is 2.01. The molecule has 0 aliphatic heterocycles. The van der Waals surface area contributed by atoms with Gasteiger partial charge in [0.05, 0.1) is 18.2 Å². The molecule has 0 spiro atoms. The molecule has 0 amide bonds. The summed E-state index contributed by atoms with van der Waals surface area (Å²) in [6.45, 7) is 0.146. The lowest BCUT2D eigenvalue weighted by Gasteiger charge is -2.04. The van der Waals surface area contributed by atoms with Crippen molar-refractivity contribution in [2.75, 3.05) is 12.4 Å². The number of aliphatic hydroxyl groups excluding tert-OH is 2. The molecule has 0 saturated heterocycles. The molecule has 1 aromatic rings. The van der Waals surface area contributed by atoms with Gasteiger partial charge in [-0.3, -0.25) is 0 Å². The highest BCUT2D eigenvalue weighted by Crippen LogP contribution is 2.27. The zero-order valence-electron chi connectivity index (χ0n) is 7.03. The number of hydrogen-bond acceptors (Lipinski definition) is 3. The van der Waals surface area contributed by atoms with Crippen LogP contribution in [0.15, 0.2) is 23.1 Å². The molecule has 0 aliphatic carbocycles. The minimum absolute atomic E-state index is 0.00463. The molecule has 13 heavy (non-hydrogen) atoms. The van der Waals surface area contributed by atoms with E-state index >= 15 is 0 Å². The Balaban J connectivity index is 2.73. The Morgan fingerprint density at radius 1 is 1.31 bits per heavy atom. The molecule has 2 nitrogen and oxygen atoms in total. The van der Waals surface area contributed by atoms with Crippen molar-refractivity contribution in [3.05, 3.63) is 28.8 Å². The Morgan fingerprint density at radius 3 is 2.62 bits per heavy atom. The Bertz CT molecular complexity index is 278. The molecule has 2 N–H and O–H groups in total. The van der Waals surface area contributed by atoms with Crippen LogP contribution in [0.4, 0.5) is 0 Å². The molecule has 0 aliphatic rings. The van der Waals surface area contributed by atoms with E-state index in [-0.39, 0.29) is 13.2 Å². The summed E-state index contributed by atoms with van der Waals surface area (Å²) in [7, 11) is 0. The van der Waals surface area contributed by atoms with Gasteiger partial charge in [-0.05, 0) is 17.7 Å². The first-order valence-electron chi connectivity index (χ1n) is 3.91. The van der Waals surface area contributed by atoms with Gasteiger partial charge in [-0.25, -0.2) is 0 Å². The smallest absolute Gasteiger partial charge is 0.0682 e. The van der Waals surface area contributed by atoms with Gasteiger partial charge in [0.2, 0.25) is 0 Å². The van der Waals surface area contributed by atoms with Gasteiger partial charge in [0.25, 0.3) is 0 Å². The van der Waals surface area contributed by atoms with Crippen molar-refractivity contribution >= 4 is 23.4 Å². The molecular weight excluding hydrogens is 208 g/mol. The summed E-state index contributed by atoms with van der Waals surface area (Å²) in [5.74, 6) is 0.637. The summed E-state index contributed by atoms with van der Waals surface area (Å²) in [5, 5.41) is 18.1. The van der Waals surface area contributed by atoms with Crippen LogP contribution in [0.5, 0.6) is 0 Å². The average Bonchev–Trinajstić information content (AvgIpc) is 2.16. The first kappa shape index (κ1) is 10.9. The van der Waals surface area contributed by atoms with E-state index in [1.165, 1.54) is 11.8 Å². The number of rotatable bonds is 4. The molecule has 0 bridgehead atoms. The van der Waals surface area contributed by atoms with Gasteiger partial charge >= 0.3 is 0 Å². The van der Waals surface area contributed by atoms with Crippen LogP contribution in [-0.2, 0) is 6.61 Å². The average molecular weight is 219 g/mol. The highest BCUT2D eigenvalue weighted by atomic mass is 35.5. The maximum absolute atomic E-state index is 8.82. The van der Waals surface area contributed by atoms with Crippen molar-refractivity contribution in [3.8, 4) is 0 Å². The third kappa shape index (κ3) is 3.19. The second-order valence-electron chi connectivity index (χ2n) is 2.49. The fourth-order valence-electron chi connectivity index (χ4n) is 0.915. The normalized spacial score (nSPS) is 10.4. The van der Waals surface area contributed by atoms with Crippen molar-refractivity contribution < 1.29 is 10.2 Å². The van der Waals surface area contributed by atoms with Gasteiger partial charge in [0, 0.05) is 10.6 Å². The van der Waals surface area contributed by atoms with Crippen LogP contribution in [-0.4, -0.2) is 22.6 Å². The van der Waals surface area contributed by atoms with Gasteiger partial charge in [-0.1, -0.05) is 17.7 Å². The van der Waals surface area contributed by atoms with E-state index in [1.807, 2.05) is 12.1 Å².